The monoisotopic (exact) mass is 275 g/mol. The van der Waals surface area contributed by atoms with Gasteiger partial charge in [-0.15, -0.1) is 3.97 Å². The number of phosphoric acid groups is 1. The Kier molecular flexibility index (Phi) is 19.3. The van der Waals surface area contributed by atoms with E-state index < -0.39 is 18.2 Å². The summed E-state index contributed by atoms with van der Waals surface area (Å²) in [7, 11) is -10.2. The normalized spacial score (nSPS) is 10.2. The van der Waals surface area contributed by atoms with Gasteiger partial charge in [0.05, 0.1) is 0 Å². The topological polar surface area (TPSA) is 156 Å². The van der Waals surface area contributed by atoms with Crippen molar-refractivity contribution in [2.45, 2.75) is 0 Å². The predicted molar refractivity (Wildman–Crippen MR) is 44.0 cm³/mol. The average Bonchev–Trinajstić information content (AvgIpc) is 1.14. The molecule has 0 aliphatic heterocycles. The summed E-state index contributed by atoms with van der Waals surface area (Å²) in [5.41, 5.74) is 0. The molecule has 0 saturated heterocycles. The second-order valence-electron chi connectivity index (χ2n) is 0.993. The molecule has 6 N–H and O–H groups in total. The molecule has 8 nitrogen and oxygen atoms in total. The van der Waals surface area contributed by atoms with Crippen molar-refractivity contribution in [1.29, 1.82) is 0 Å². The standard InChI is InChI=1S/2K.H3N.H3O7PS.2H/c;;;1-8(2,3)7-9(4,5)6;;/h;;1H3;(H2,1,2,3)(H,4,5,6);;. The SMILES string of the molecule is N.O=P(O)(O)OS(=O)(=O)O.[KH].[KH]. The van der Waals surface area contributed by atoms with E-state index in [1.807, 2.05) is 0 Å². The van der Waals surface area contributed by atoms with Crippen molar-refractivity contribution in [3.05, 3.63) is 0 Å². The molecule has 0 bridgehead atoms. The summed E-state index contributed by atoms with van der Waals surface area (Å²) in [6, 6.07) is 0. The van der Waals surface area contributed by atoms with E-state index >= 15 is 0 Å². The van der Waals surface area contributed by atoms with Crippen molar-refractivity contribution in [3.8, 4) is 0 Å². The molecule has 0 aliphatic carbocycles. The number of hydrogen-bond donors (Lipinski definition) is 4. The molecule has 0 rings (SSSR count). The Labute approximate surface area is 154 Å². The minimum atomic E-state index is -5.13. The summed E-state index contributed by atoms with van der Waals surface area (Å²) in [6.45, 7) is 0. The van der Waals surface area contributed by atoms with Gasteiger partial charge in [-0.1, -0.05) is 0 Å². The van der Waals surface area contributed by atoms with E-state index in [1.165, 1.54) is 0 Å². The summed E-state index contributed by atoms with van der Waals surface area (Å²) >= 11 is 0. The molecule has 0 spiro atoms. The van der Waals surface area contributed by atoms with Crippen LogP contribution in [0.4, 0.5) is 0 Å². The van der Waals surface area contributed by atoms with Gasteiger partial charge in [0.2, 0.25) is 0 Å². The molecule has 0 saturated carbocycles. The second kappa shape index (κ2) is 9.48. The van der Waals surface area contributed by atoms with Gasteiger partial charge in [-0.2, -0.15) is 8.42 Å². The Bertz CT molecular complexity index is 228. The van der Waals surface area contributed by atoms with E-state index in [1.54, 1.807) is 0 Å². The number of hydrogen-bond acceptors (Lipinski definition) is 5. The van der Waals surface area contributed by atoms with Crippen LogP contribution in [0.3, 0.4) is 0 Å². The zero-order valence-corrected chi connectivity index (χ0v) is 6.25. The molecule has 0 atom stereocenters. The van der Waals surface area contributed by atoms with Gasteiger partial charge >= 0.3 is 121 Å². The van der Waals surface area contributed by atoms with Crippen LogP contribution in [0, 0.1) is 0 Å². The first kappa shape index (κ1) is 24.5. The van der Waals surface area contributed by atoms with Crippen molar-refractivity contribution >= 4 is 121 Å². The molecule has 0 aromatic rings. The molecule has 0 radical (unpaired) electrons. The van der Waals surface area contributed by atoms with Crippen LogP contribution < -0.4 is 6.15 Å². The van der Waals surface area contributed by atoms with Crippen LogP contribution in [0.1, 0.15) is 0 Å². The molecule has 12 heteroatoms. The van der Waals surface area contributed by atoms with E-state index in [-0.39, 0.29) is 109 Å². The Hall–Kier alpha value is 3.25. The van der Waals surface area contributed by atoms with E-state index in [0.29, 0.717) is 0 Å². The minimum absolute atomic E-state index is 0. The number of rotatable bonds is 2. The van der Waals surface area contributed by atoms with Gasteiger partial charge < -0.3 is 15.9 Å². The zero-order valence-electron chi connectivity index (χ0n) is 4.54. The first-order chi connectivity index (χ1) is 3.71. The average molecular weight is 275 g/mol. The quantitative estimate of drug-likeness (QED) is 0.250. The van der Waals surface area contributed by atoms with Crippen LogP contribution in [0.5, 0.6) is 0 Å². The molecule has 68 valence electrons. The molecule has 0 amide bonds. The fraction of sp³-hybridized carbons (Fsp3) is 0. The van der Waals surface area contributed by atoms with Crippen LogP contribution in [0.25, 0.3) is 0 Å². The molecular weight excluding hydrogens is 267 g/mol. The molecule has 0 unspecified atom stereocenters. The summed E-state index contributed by atoms with van der Waals surface area (Å²) < 4.78 is 39.0. The summed E-state index contributed by atoms with van der Waals surface area (Å²) in [5, 5.41) is 0. The Balaban J connectivity index is -0.000000107. The Morgan fingerprint density at radius 2 is 1.42 bits per heavy atom. The van der Waals surface area contributed by atoms with Gasteiger partial charge in [-0.05, 0) is 0 Å². The van der Waals surface area contributed by atoms with E-state index in [4.69, 9.17) is 14.3 Å². The first-order valence-electron chi connectivity index (χ1n) is 1.45. The molecule has 0 heterocycles. The van der Waals surface area contributed by atoms with Gasteiger partial charge in [-0.25, -0.2) is 4.57 Å². The fourth-order valence-corrected chi connectivity index (χ4v) is 1.10. The maximum atomic E-state index is 9.58. The Morgan fingerprint density at radius 3 is 1.42 bits per heavy atom. The molecule has 0 aliphatic rings. The molecule has 0 fully saturated rings. The van der Waals surface area contributed by atoms with Crippen molar-refractivity contribution in [1.82, 2.24) is 6.15 Å². The molecule has 0 aromatic carbocycles. The first-order valence-corrected chi connectivity index (χ1v) is 4.34. The third kappa shape index (κ3) is 23.2. The summed E-state index contributed by atoms with van der Waals surface area (Å²) in [4.78, 5) is 15.4. The van der Waals surface area contributed by atoms with Crippen LogP contribution >= 0.6 is 7.82 Å². The molecule has 0 aromatic heterocycles. The van der Waals surface area contributed by atoms with Crippen molar-refractivity contribution in [3.63, 3.8) is 0 Å². The van der Waals surface area contributed by atoms with Gasteiger partial charge in [0.25, 0.3) is 0 Å². The van der Waals surface area contributed by atoms with Gasteiger partial charge in [0, 0.05) is 0 Å². The van der Waals surface area contributed by atoms with Gasteiger partial charge in [0.1, 0.15) is 0 Å². The van der Waals surface area contributed by atoms with Crippen molar-refractivity contribution in [2.75, 3.05) is 0 Å². The van der Waals surface area contributed by atoms with E-state index in [9.17, 15) is 13.0 Å². The third-order valence-corrected chi connectivity index (χ3v) is 1.72. The summed E-state index contributed by atoms with van der Waals surface area (Å²) in [6.07, 6.45) is 0. The molecular formula is H8K2NO7PS. The van der Waals surface area contributed by atoms with Gasteiger partial charge in [-0.3, -0.25) is 4.55 Å². The van der Waals surface area contributed by atoms with Crippen LogP contribution in [0.2, 0.25) is 0 Å². The maximum absolute atomic E-state index is 9.58. The second-order valence-corrected chi connectivity index (χ2v) is 3.43. The zero-order chi connectivity index (χ0) is 7.71. The van der Waals surface area contributed by atoms with Gasteiger partial charge in [0.15, 0.2) is 0 Å². The Morgan fingerprint density at radius 1 is 1.17 bits per heavy atom. The van der Waals surface area contributed by atoms with E-state index in [2.05, 4.69) is 3.97 Å². The van der Waals surface area contributed by atoms with Crippen LogP contribution in [-0.4, -0.2) is 126 Å². The van der Waals surface area contributed by atoms with E-state index in [0.717, 1.165) is 0 Å². The molecule has 12 heavy (non-hydrogen) atoms. The van der Waals surface area contributed by atoms with Crippen molar-refractivity contribution in [2.24, 2.45) is 0 Å². The van der Waals surface area contributed by atoms with Crippen LogP contribution in [0.15, 0.2) is 0 Å². The van der Waals surface area contributed by atoms with Crippen molar-refractivity contribution < 1.29 is 31.3 Å². The predicted octanol–water partition coefficient (Wildman–Crippen LogP) is -2.24. The fourth-order valence-electron chi connectivity index (χ4n) is 0.123. The third-order valence-electron chi connectivity index (χ3n) is 0.191. The summed E-state index contributed by atoms with van der Waals surface area (Å²) in [5.74, 6) is 0. The van der Waals surface area contributed by atoms with Crippen LogP contribution in [-0.2, 0) is 18.9 Å².